The molecule has 0 aromatic heterocycles. The lowest BCUT2D eigenvalue weighted by atomic mass is 10.2. The maximum atomic E-state index is 9.07. The molecule has 1 unspecified atom stereocenters. The van der Waals surface area contributed by atoms with Crippen molar-refractivity contribution in [2.24, 2.45) is 0 Å². The molecule has 0 aromatic rings. The molecular weight excluding hydrogens is 196 g/mol. The van der Waals surface area contributed by atoms with Gasteiger partial charge in [-0.3, -0.25) is 0 Å². The quantitative estimate of drug-likeness (QED) is 0.694. The predicted molar refractivity (Wildman–Crippen MR) is 60.9 cm³/mol. The maximum Gasteiger partial charge on any atom is 0.192 e. The van der Waals surface area contributed by atoms with Gasteiger partial charge in [-0.15, -0.1) is 0 Å². The minimum absolute atomic E-state index is 0.00687. The average Bonchev–Trinajstić information content (AvgIpc) is 2.01. The third-order valence-electron chi connectivity index (χ3n) is 2.92. The van der Waals surface area contributed by atoms with E-state index in [-0.39, 0.29) is 24.4 Å². The van der Waals surface area contributed by atoms with Crippen LogP contribution in [-0.2, 0) is 4.43 Å². The lowest BCUT2D eigenvalue weighted by molar-refractivity contribution is 0.0796. The Morgan fingerprint density at radius 1 is 1.21 bits per heavy atom. The van der Waals surface area contributed by atoms with E-state index in [0.717, 1.165) is 0 Å². The van der Waals surface area contributed by atoms with Crippen molar-refractivity contribution in [1.82, 2.24) is 0 Å². The van der Waals surface area contributed by atoms with Gasteiger partial charge in [-0.25, -0.2) is 0 Å². The Bertz CT molecular complexity index is 163. The molecule has 0 radical (unpaired) electrons. The Kier molecular flexibility index (Phi) is 5.29. The van der Waals surface area contributed by atoms with Crippen molar-refractivity contribution < 1.29 is 14.6 Å². The lowest BCUT2D eigenvalue weighted by Gasteiger charge is -2.38. The van der Waals surface area contributed by atoms with Crippen LogP contribution >= 0.6 is 0 Å². The van der Waals surface area contributed by atoms with Gasteiger partial charge in [0.2, 0.25) is 0 Å². The summed E-state index contributed by atoms with van der Waals surface area (Å²) in [5.41, 5.74) is 0. The van der Waals surface area contributed by atoms with Gasteiger partial charge in [0.15, 0.2) is 8.32 Å². The van der Waals surface area contributed by atoms with Crippen molar-refractivity contribution in [3.8, 4) is 0 Å². The number of aliphatic hydroxyl groups excluding tert-OH is 2. The summed E-state index contributed by atoms with van der Waals surface area (Å²) >= 11 is 0. The molecule has 3 nitrogen and oxygen atoms in total. The zero-order valence-corrected chi connectivity index (χ0v) is 11.0. The van der Waals surface area contributed by atoms with E-state index in [1.165, 1.54) is 0 Å². The molecule has 0 saturated carbocycles. The molecule has 0 amide bonds. The standard InChI is InChI=1S/C10H24O3Si/c1-10(2,3)14(4,5)13-9(8-12)6-7-11/h9,11-12H,6-8H2,1-5H3. The SMILES string of the molecule is CC(C)(C)[Si](C)(C)OC(CO)CCO. The second kappa shape index (κ2) is 5.26. The number of hydrogen-bond donors (Lipinski definition) is 2. The van der Waals surface area contributed by atoms with Crippen LogP contribution in [0.15, 0.2) is 0 Å². The van der Waals surface area contributed by atoms with E-state index in [9.17, 15) is 0 Å². The molecule has 1 atom stereocenters. The molecule has 0 aliphatic heterocycles. The van der Waals surface area contributed by atoms with Crippen LogP contribution in [0.5, 0.6) is 0 Å². The molecule has 0 bridgehead atoms. The highest BCUT2D eigenvalue weighted by atomic mass is 28.4. The van der Waals surface area contributed by atoms with Crippen molar-refractivity contribution >= 4 is 8.32 Å². The first-order chi connectivity index (χ1) is 6.24. The van der Waals surface area contributed by atoms with Crippen LogP contribution in [0.4, 0.5) is 0 Å². The third kappa shape index (κ3) is 4.08. The van der Waals surface area contributed by atoms with Gasteiger partial charge in [-0.1, -0.05) is 20.8 Å². The van der Waals surface area contributed by atoms with Crippen molar-refractivity contribution in [3.63, 3.8) is 0 Å². The molecule has 0 spiro atoms. The van der Waals surface area contributed by atoms with Gasteiger partial charge in [-0.05, 0) is 24.6 Å². The van der Waals surface area contributed by atoms with Gasteiger partial charge in [-0.2, -0.15) is 0 Å². The normalized spacial score (nSPS) is 15.6. The van der Waals surface area contributed by atoms with Crippen molar-refractivity contribution in [3.05, 3.63) is 0 Å². The topological polar surface area (TPSA) is 49.7 Å². The van der Waals surface area contributed by atoms with Gasteiger partial charge < -0.3 is 14.6 Å². The van der Waals surface area contributed by atoms with Crippen LogP contribution in [0.1, 0.15) is 27.2 Å². The fraction of sp³-hybridized carbons (Fsp3) is 1.00. The summed E-state index contributed by atoms with van der Waals surface area (Å²) < 4.78 is 5.92. The second-order valence-electron chi connectivity index (χ2n) is 5.20. The van der Waals surface area contributed by atoms with Crippen LogP contribution in [0.3, 0.4) is 0 Å². The van der Waals surface area contributed by atoms with E-state index in [2.05, 4.69) is 33.9 Å². The zero-order valence-electron chi connectivity index (χ0n) is 10.0. The minimum Gasteiger partial charge on any atom is -0.412 e. The summed E-state index contributed by atoms with van der Waals surface area (Å²) in [6.07, 6.45) is 0.309. The fourth-order valence-corrected chi connectivity index (χ4v) is 2.30. The Morgan fingerprint density at radius 2 is 1.71 bits per heavy atom. The third-order valence-corrected chi connectivity index (χ3v) is 7.46. The first kappa shape index (κ1) is 14.1. The highest BCUT2D eigenvalue weighted by Gasteiger charge is 2.38. The molecule has 0 aliphatic rings. The first-order valence-electron chi connectivity index (χ1n) is 5.14. The highest BCUT2D eigenvalue weighted by molar-refractivity contribution is 6.74. The van der Waals surface area contributed by atoms with Gasteiger partial charge in [0.25, 0.3) is 0 Å². The fourth-order valence-electron chi connectivity index (χ4n) is 0.925. The van der Waals surface area contributed by atoms with E-state index >= 15 is 0 Å². The highest BCUT2D eigenvalue weighted by Crippen LogP contribution is 2.37. The van der Waals surface area contributed by atoms with Gasteiger partial charge >= 0.3 is 0 Å². The van der Waals surface area contributed by atoms with E-state index in [4.69, 9.17) is 14.6 Å². The second-order valence-corrected chi connectivity index (χ2v) is 9.95. The van der Waals surface area contributed by atoms with Crippen molar-refractivity contribution in [2.75, 3.05) is 13.2 Å². The van der Waals surface area contributed by atoms with E-state index < -0.39 is 8.32 Å². The molecule has 4 heteroatoms. The summed E-state index contributed by atoms with van der Waals surface area (Å²) in [6.45, 7) is 10.8. The van der Waals surface area contributed by atoms with Crippen LogP contribution < -0.4 is 0 Å². The van der Waals surface area contributed by atoms with Crippen molar-refractivity contribution in [2.45, 2.75) is 51.4 Å². The summed E-state index contributed by atoms with van der Waals surface area (Å²) in [7, 11) is -1.80. The van der Waals surface area contributed by atoms with Gasteiger partial charge in [0.05, 0.1) is 12.7 Å². The van der Waals surface area contributed by atoms with Crippen LogP contribution in [0.2, 0.25) is 18.1 Å². The van der Waals surface area contributed by atoms with Gasteiger partial charge in [0.1, 0.15) is 0 Å². The number of rotatable bonds is 5. The largest absolute Gasteiger partial charge is 0.412 e. The molecule has 14 heavy (non-hydrogen) atoms. The Hall–Kier alpha value is 0.0969. The molecule has 0 fully saturated rings. The van der Waals surface area contributed by atoms with Gasteiger partial charge in [0, 0.05) is 6.61 Å². The van der Waals surface area contributed by atoms with Crippen molar-refractivity contribution in [1.29, 1.82) is 0 Å². The van der Waals surface area contributed by atoms with Crippen LogP contribution in [-0.4, -0.2) is 37.8 Å². The van der Waals surface area contributed by atoms with E-state index in [1.54, 1.807) is 0 Å². The zero-order chi connectivity index (χ0) is 11.4. The van der Waals surface area contributed by atoms with Crippen LogP contribution in [0, 0.1) is 0 Å². The summed E-state index contributed by atoms with van der Waals surface area (Å²) in [5.74, 6) is 0. The molecule has 0 heterocycles. The minimum atomic E-state index is -1.80. The van der Waals surface area contributed by atoms with E-state index in [1.807, 2.05) is 0 Å². The number of aliphatic hydroxyl groups is 2. The van der Waals surface area contributed by atoms with E-state index in [0.29, 0.717) is 6.42 Å². The molecule has 86 valence electrons. The monoisotopic (exact) mass is 220 g/mol. The average molecular weight is 220 g/mol. The Morgan fingerprint density at radius 3 is 2.00 bits per heavy atom. The maximum absolute atomic E-state index is 9.07. The molecule has 0 aliphatic carbocycles. The smallest absolute Gasteiger partial charge is 0.192 e. The summed E-state index contributed by atoms with van der Waals surface area (Å²) in [5, 5.41) is 18.0. The summed E-state index contributed by atoms with van der Waals surface area (Å²) in [4.78, 5) is 0. The Labute approximate surface area is 88.2 Å². The number of hydrogen-bond acceptors (Lipinski definition) is 3. The predicted octanol–water partition coefficient (Wildman–Crippen LogP) is 1.75. The molecule has 0 aromatic carbocycles. The molecule has 2 N–H and O–H groups in total. The molecule has 0 rings (SSSR count). The molecule has 0 saturated heterocycles. The summed E-state index contributed by atoms with van der Waals surface area (Å²) in [6, 6.07) is 0. The Balaban J connectivity index is 4.32. The molecular formula is C10H24O3Si. The lowest BCUT2D eigenvalue weighted by Crippen LogP contribution is -2.45. The van der Waals surface area contributed by atoms with Crippen LogP contribution in [0.25, 0.3) is 0 Å². The first-order valence-corrected chi connectivity index (χ1v) is 8.05.